The number of hydrogen-bond acceptors (Lipinski definition) is 5. The van der Waals surface area contributed by atoms with E-state index in [9.17, 15) is 4.79 Å². The molecule has 18 heavy (non-hydrogen) atoms. The first-order valence-electron chi connectivity index (χ1n) is 5.53. The van der Waals surface area contributed by atoms with Crippen molar-refractivity contribution in [1.29, 1.82) is 0 Å². The van der Waals surface area contributed by atoms with Crippen LogP contribution in [0.5, 0.6) is 0 Å². The summed E-state index contributed by atoms with van der Waals surface area (Å²) in [6.45, 7) is 3.96. The molecule has 0 bridgehead atoms. The van der Waals surface area contributed by atoms with Gasteiger partial charge < -0.3 is 5.32 Å². The Balaban J connectivity index is 1.78. The lowest BCUT2D eigenvalue weighted by Crippen LogP contribution is -2.27. The molecule has 1 amide bonds. The summed E-state index contributed by atoms with van der Waals surface area (Å²) in [4.78, 5) is 17.3. The summed E-state index contributed by atoms with van der Waals surface area (Å²) in [5.74, 6) is 0.469. The van der Waals surface area contributed by atoms with E-state index in [-0.39, 0.29) is 11.9 Å². The van der Waals surface area contributed by atoms with Crippen LogP contribution in [0.3, 0.4) is 0 Å². The number of carbonyl (C=O) groups excluding carboxylic acids is 1. The molecule has 2 aromatic rings. The monoisotopic (exact) mass is 298 g/mol. The number of thioether (sulfide) groups is 1. The second-order valence-electron chi connectivity index (χ2n) is 3.85. The lowest BCUT2D eigenvalue weighted by molar-refractivity contribution is -0.119. The van der Waals surface area contributed by atoms with Crippen LogP contribution in [0.2, 0.25) is 0 Å². The van der Waals surface area contributed by atoms with Gasteiger partial charge in [0, 0.05) is 16.0 Å². The fourth-order valence-electron chi connectivity index (χ4n) is 1.42. The smallest absolute Gasteiger partial charge is 0.230 e. The van der Waals surface area contributed by atoms with E-state index < -0.39 is 0 Å². The van der Waals surface area contributed by atoms with Crippen LogP contribution in [0.25, 0.3) is 0 Å². The average Bonchev–Trinajstić information content (AvgIpc) is 2.97. The van der Waals surface area contributed by atoms with E-state index in [4.69, 9.17) is 0 Å². The van der Waals surface area contributed by atoms with Gasteiger partial charge in [-0.05, 0) is 25.3 Å². The predicted octanol–water partition coefficient (Wildman–Crippen LogP) is 3.48. The fraction of sp³-hybridized carbons (Fsp3) is 0.333. The molecule has 0 spiro atoms. The Bertz CT molecular complexity index is 507. The Hall–Kier alpha value is -0.850. The molecule has 3 nitrogen and oxygen atoms in total. The van der Waals surface area contributed by atoms with Gasteiger partial charge in [0.1, 0.15) is 0 Å². The third-order valence-corrected chi connectivity index (χ3v) is 5.47. The third-order valence-electron chi connectivity index (χ3n) is 2.27. The maximum atomic E-state index is 11.8. The summed E-state index contributed by atoms with van der Waals surface area (Å²) in [6, 6.07) is 4.11. The summed E-state index contributed by atoms with van der Waals surface area (Å²) in [6.07, 6.45) is 0. The Morgan fingerprint density at radius 1 is 1.56 bits per heavy atom. The van der Waals surface area contributed by atoms with Gasteiger partial charge in [-0.3, -0.25) is 4.79 Å². The Morgan fingerprint density at radius 3 is 3.00 bits per heavy atom. The van der Waals surface area contributed by atoms with Crippen molar-refractivity contribution in [2.75, 3.05) is 5.75 Å². The Labute approximate surface area is 119 Å². The molecule has 0 radical (unpaired) electrons. The van der Waals surface area contributed by atoms with Crippen molar-refractivity contribution in [3.63, 3.8) is 0 Å². The van der Waals surface area contributed by atoms with E-state index in [1.165, 1.54) is 16.6 Å². The molecule has 0 unspecified atom stereocenters. The number of thiazole rings is 1. The zero-order chi connectivity index (χ0) is 13.0. The SMILES string of the molecule is Cc1csc(SCC(=O)N[C@@H](C)c2cccs2)n1. The molecular formula is C12H14N2OS3. The van der Waals surface area contributed by atoms with Crippen LogP contribution in [-0.4, -0.2) is 16.6 Å². The molecule has 0 aromatic carbocycles. The van der Waals surface area contributed by atoms with Crippen molar-refractivity contribution in [1.82, 2.24) is 10.3 Å². The van der Waals surface area contributed by atoms with Gasteiger partial charge in [0.15, 0.2) is 4.34 Å². The molecule has 0 aliphatic rings. The number of aromatic nitrogens is 1. The van der Waals surface area contributed by atoms with E-state index in [2.05, 4.69) is 10.3 Å². The van der Waals surface area contributed by atoms with Crippen LogP contribution < -0.4 is 5.32 Å². The van der Waals surface area contributed by atoms with Gasteiger partial charge in [0.25, 0.3) is 0 Å². The topological polar surface area (TPSA) is 42.0 Å². The summed E-state index contributed by atoms with van der Waals surface area (Å²) in [5.41, 5.74) is 1.01. The molecule has 0 saturated carbocycles. The van der Waals surface area contributed by atoms with Gasteiger partial charge in [-0.25, -0.2) is 4.98 Å². The summed E-state index contributed by atoms with van der Waals surface area (Å²) < 4.78 is 0.950. The summed E-state index contributed by atoms with van der Waals surface area (Å²) in [5, 5.41) is 7.00. The van der Waals surface area contributed by atoms with Crippen LogP contribution in [0.4, 0.5) is 0 Å². The highest BCUT2D eigenvalue weighted by molar-refractivity contribution is 8.01. The van der Waals surface area contributed by atoms with Crippen LogP contribution >= 0.6 is 34.4 Å². The second kappa shape index (κ2) is 6.36. The number of amides is 1. The molecule has 6 heteroatoms. The molecule has 2 rings (SSSR count). The Kier molecular flexibility index (Phi) is 4.79. The van der Waals surface area contributed by atoms with Crippen molar-refractivity contribution in [2.45, 2.75) is 24.2 Å². The van der Waals surface area contributed by atoms with Gasteiger partial charge in [-0.15, -0.1) is 22.7 Å². The highest BCUT2D eigenvalue weighted by atomic mass is 32.2. The molecule has 2 heterocycles. The third kappa shape index (κ3) is 3.83. The van der Waals surface area contributed by atoms with E-state index >= 15 is 0 Å². The van der Waals surface area contributed by atoms with Crippen LogP contribution in [0.1, 0.15) is 23.5 Å². The fourth-order valence-corrected chi connectivity index (χ4v) is 3.81. The molecule has 0 fully saturated rings. The number of rotatable bonds is 5. The normalized spacial score (nSPS) is 12.3. The number of thiophene rings is 1. The highest BCUT2D eigenvalue weighted by Gasteiger charge is 2.11. The predicted molar refractivity (Wildman–Crippen MR) is 78.5 cm³/mol. The average molecular weight is 298 g/mol. The number of carbonyl (C=O) groups is 1. The standard InChI is InChI=1S/C12H14N2OS3/c1-8-6-17-12(13-8)18-7-11(15)14-9(2)10-4-3-5-16-10/h3-6,9H,7H2,1-2H3,(H,14,15)/t9-/m0/s1. The van der Waals surface area contributed by atoms with Crippen LogP contribution in [0.15, 0.2) is 27.2 Å². The molecule has 0 aliphatic heterocycles. The largest absolute Gasteiger partial charge is 0.348 e. The van der Waals surface area contributed by atoms with Gasteiger partial charge >= 0.3 is 0 Å². The molecule has 0 aliphatic carbocycles. The van der Waals surface area contributed by atoms with E-state index in [0.29, 0.717) is 5.75 Å². The maximum Gasteiger partial charge on any atom is 0.230 e. The zero-order valence-electron chi connectivity index (χ0n) is 10.2. The molecule has 96 valence electrons. The first-order chi connectivity index (χ1) is 8.65. The van der Waals surface area contributed by atoms with Crippen molar-refractivity contribution >= 4 is 40.3 Å². The second-order valence-corrected chi connectivity index (χ2v) is 6.91. The molecule has 1 N–H and O–H groups in total. The van der Waals surface area contributed by atoms with E-state index in [1.807, 2.05) is 36.7 Å². The number of aryl methyl sites for hydroxylation is 1. The summed E-state index contributed by atoms with van der Waals surface area (Å²) >= 11 is 4.73. The van der Waals surface area contributed by atoms with Gasteiger partial charge in [0.2, 0.25) is 5.91 Å². The lowest BCUT2D eigenvalue weighted by Gasteiger charge is -2.11. The minimum absolute atomic E-state index is 0.0498. The number of nitrogens with one attached hydrogen (secondary N) is 1. The van der Waals surface area contributed by atoms with Crippen molar-refractivity contribution < 1.29 is 4.79 Å². The van der Waals surface area contributed by atoms with Crippen molar-refractivity contribution in [3.05, 3.63) is 33.5 Å². The highest BCUT2D eigenvalue weighted by Crippen LogP contribution is 2.23. The minimum Gasteiger partial charge on any atom is -0.348 e. The van der Waals surface area contributed by atoms with Gasteiger partial charge in [-0.1, -0.05) is 17.8 Å². The van der Waals surface area contributed by atoms with E-state index in [1.54, 1.807) is 22.7 Å². The molecule has 0 saturated heterocycles. The maximum absolute atomic E-state index is 11.8. The number of nitrogens with zero attached hydrogens (tertiary/aromatic N) is 1. The van der Waals surface area contributed by atoms with E-state index in [0.717, 1.165) is 10.0 Å². The molecule has 1 atom stereocenters. The lowest BCUT2D eigenvalue weighted by atomic mass is 10.3. The quantitative estimate of drug-likeness (QED) is 0.859. The minimum atomic E-state index is 0.0498. The first kappa shape index (κ1) is 13.6. The van der Waals surface area contributed by atoms with Crippen LogP contribution in [-0.2, 0) is 4.79 Å². The van der Waals surface area contributed by atoms with Gasteiger partial charge in [0.05, 0.1) is 11.8 Å². The van der Waals surface area contributed by atoms with Crippen LogP contribution in [0, 0.1) is 6.92 Å². The summed E-state index contributed by atoms with van der Waals surface area (Å²) in [7, 11) is 0. The van der Waals surface area contributed by atoms with Crippen molar-refractivity contribution in [3.8, 4) is 0 Å². The van der Waals surface area contributed by atoms with Crippen molar-refractivity contribution in [2.24, 2.45) is 0 Å². The Morgan fingerprint density at radius 2 is 2.39 bits per heavy atom. The van der Waals surface area contributed by atoms with Gasteiger partial charge in [-0.2, -0.15) is 0 Å². The zero-order valence-corrected chi connectivity index (χ0v) is 12.6. The molecular weight excluding hydrogens is 284 g/mol. The first-order valence-corrected chi connectivity index (χ1v) is 8.27. The number of hydrogen-bond donors (Lipinski definition) is 1. The molecule has 2 aromatic heterocycles.